The van der Waals surface area contributed by atoms with E-state index in [9.17, 15) is 0 Å². The molecule has 1 aliphatic rings. The van der Waals surface area contributed by atoms with E-state index in [1.165, 1.54) is 57.9 Å². The summed E-state index contributed by atoms with van der Waals surface area (Å²) >= 11 is 0. The standard InChI is InChI=1S/C13H27N/c1-3-5-6-7-8-13(12-9-10-12)14-11-4-2/h12-14H,3-11H2,1-2H3. The van der Waals surface area contributed by atoms with Crippen molar-refractivity contribution in [2.24, 2.45) is 5.92 Å². The van der Waals surface area contributed by atoms with Crippen LogP contribution in [0.1, 0.15) is 65.2 Å². The van der Waals surface area contributed by atoms with Gasteiger partial charge in [-0.1, -0.05) is 39.5 Å². The average molecular weight is 197 g/mol. The van der Waals surface area contributed by atoms with Crippen LogP contribution in [0.15, 0.2) is 0 Å². The van der Waals surface area contributed by atoms with Gasteiger partial charge in [0.05, 0.1) is 0 Å². The van der Waals surface area contributed by atoms with Crippen LogP contribution in [-0.2, 0) is 0 Å². The van der Waals surface area contributed by atoms with Gasteiger partial charge in [-0.3, -0.25) is 0 Å². The molecule has 0 bridgehead atoms. The summed E-state index contributed by atoms with van der Waals surface area (Å²) in [5.41, 5.74) is 0. The Kier molecular flexibility index (Phi) is 6.25. The first-order chi connectivity index (χ1) is 6.88. The lowest BCUT2D eigenvalue weighted by molar-refractivity contribution is 0.416. The Morgan fingerprint density at radius 1 is 1.07 bits per heavy atom. The van der Waals surface area contributed by atoms with Gasteiger partial charge in [-0.05, 0) is 38.1 Å². The second-order valence-corrected chi connectivity index (χ2v) is 4.75. The highest BCUT2D eigenvalue weighted by Gasteiger charge is 2.29. The van der Waals surface area contributed by atoms with Crippen molar-refractivity contribution in [3.05, 3.63) is 0 Å². The van der Waals surface area contributed by atoms with Crippen LogP contribution in [-0.4, -0.2) is 12.6 Å². The maximum Gasteiger partial charge on any atom is 0.00953 e. The van der Waals surface area contributed by atoms with E-state index in [1.807, 2.05) is 0 Å². The van der Waals surface area contributed by atoms with E-state index >= 15 is 0 Å². The van der Waals surface area contributed by atoms with Crippen molar-refractivity contribution in [1.29, 1.82) is 0 Å². The van der Waals surface area contributed by atoms with Crippen molar-refractivity contribution in [2.45, 2.75) is 71.3 Å². The van der Waals surface area contributed by atoms with E-state index in [0.29, 0.717) is 0 Å². The Hall–Kier alpha value is -0.0400. The Labute approximate surface area is 89.7 Å². The minimum atomic E-state index is 0.854. The van der Waals surface area contributed by atoms with E-state index in [0.717, 1.165) is 12.0 Å². The molecule has 0 saturated heterocycles. The smallest absolute Gasteiger partial charge is 0.00953 e. The Morgan fingerprint density at radius 3 is 2.43 bits per heavy atom. The van der Waals surface area contributed by atoms with Gasteiger partial charge in [-0.2, -0.15) is 0 Å². The number of nitrogens with one attached hydrogen (secondary N) is 1. The third-order valence-corrected chi connectivity index (χ3v) is 3.22. The number of unbranched alkanes of at least 4 members (excludes halogenated alkanes) is 3. The van der Waals surface area contributed by atoms with Gasteiger partial charge >= 0.3 is 0 Å². The van der Waals surface area contributed by atoms with Crippen LogP contribution in [0.2, 0.25) is 0 Å². The SMILES string of the molecule is CCCCCCC(NCCC)C1CC1. The molecule has 84 valence electrons. The maximum atomic E-state index is 3.71. The maximum absolute atomic E-state index is 3.71. The fourth-order valence-corrected chi connectivity index (χ4v) is 2.12. The zero-order valence-corrected chi connectivity index (χ0v) is 10.0. The molecular weight excluding hydrogens is 170 g/mol. The first-order valence-electron chi connectivity index (χ1n) is 6.61. The van der Waals surface area contributed by atoms with Gasteiger partial charge in [0.25, 0.3) is 0 Å². The lowest BCUT2D eigenvalue weighted by Crippen LogP contribution is -2.31. The van der Waals surface area contributed by atoms with Gasteiger partial charge < -0.3 is 5.32 Å². The lowest BCUT2D eigenvalue weighted by atomic mass is 10.0. The second-order valence-electron chi connectivity index (χ2n) is 4.75. The zero-order valence-electron chi connectivity index (χ0n) is 10.0. The summed E-state index contributed by atoms with van der Waals surface area (Å²) in [6.45, 7) is 5.76. The summed E-state index contributed by atoms with van der Waals surface area (Å²) in [6.07, 6.45) is 11.3. The molecule has 1 fully saturated rings. The van der Waals surface area contributed by atoms with Gasteiger partial charge in [0.15, 0.2) is 0 Å². The van der Waals surface area contributed by atoms with E-state index in [1.54, 1.807) is 0 Å². The molecule has 0 aliphatic heterocycles. The quantitative estimate of drug-likeness (QED) is 0.555. The normalized spacial score (nSPS) is 18.4. The molecular formula is C13H27N. The minimum Gasteiger partial charge on any atom is -0.314 e. The Bertz CT molecular complexity index is 129. The molecule has 0 radical (unpaired) electrons. The fraction of sp³-hybridized carbons (Fsp3) is 1.00. The first-order valence-corrected chi connectivity index (χ1v) is 6.61. The van der Waals surface area contributed by atoms with Crippen molar-refractivity contribution >= 4 is 0 Å². The summed E-state index contributed by atoms with van der Waals surface area (Å²) < 4.78 is 0. The van der Waals surface area contributed by atoms with Crippen molar-refractivity contribution in [1.82, 2.24) is 5.32 Å². The molecule has 14 heavy (non-hydrogen) atoms. The molecule has 1 saturated carbocycles. The molecule has 0 spiro atoms. The predicted octanol–water partition coefficient (Wildman–Crippen LogP) is 3.74. The third kappa shape index (κ3) is 4.99. The highest BCUT2D eigenvalue weighted by atomic mass is 14.9. The molecule has 1 N–H and O–H groups in total. The molecule has 1 aliphatic carbocycles. The van der Waals surface area contributed by atoms with Gasteiger partial charge in [0.1, 0.15) is 0 Å². The summed E-state index contributed by atoms with van der Waals surface area (Å²) in [7, 11) is 0. The van der Waals surface area contributed by atoms with E-state index < -0.39 is 0 Å². The van der Waals surface area contributed by atoms with Gasteiger partial charge in [0, 0.05) is 6.04 Å². The second kappa shape index (κ2) is 7.28. The monoisotopic (exact) mass is 197 g/mol. The summed E-state index contributed by atoms with van der Waals surface area (Å²) in [5, 5.41) is 3.71. The molecule has 1 atom stereocenters. The molecule has 1 rings (SSSR count). The van der Waals surface area contributed by atoms with Crippen LogP contribution < -0.4 is 5.32 Å². The van der Waals surface area contributed by atoms with Crippen molar-refractivity contribution in [3.63, 3.8) is 0 Å². The molecule has 0 heterocycles. The van der Waals surface area contributed by atoms with Crippen LogP contribution in [0, 0.1) is 5.92 Å². The molecule has 0 aromatic heterocycles. The van der Waals surface area contributed by atoms with Crippen molar-refractivity contribution in [3.8, 4) is 0 Å². The average Bonchev–Trinajstić information content (AvgIpc) is 3.00. The van der Waals surface area contributed by atoms with Crippen LogP contribution >= 0.6 is 0 Å². The zero-order chi connectivity index (χ0) is 10.2. The highest BCUT2D eigenvalue weighted by molar-refractivity contribution is 4.86. The molecule has 1 nitrogen and oxygen atoms in total. The lowest BCUT2D eigenvalue weighted by Gasteiger charge is -2.17. The molecule has 0 aromatic carbocycles. The van der Waals surface area contributed by atoms with Gasteiger partial charge in [0.2, 0.25) is 0 Å². The predicted molar refractivity (Wildman–Crippen MR) is 63.6 cm³/mol. The van der Waals surface area contributed by atoms with Crippen LogP contribution in [0.25, 0.3) is 0 Å². The van der Waals surface area contributed by atoms with Crippen LogP contribution in [0.5, 0.6) is 0 Å². The number of hydrogen-bond donors (Lipinski definition) is 1. The fourth-order valence-electron chi connectivity index (χ4n) is 2.12. The minimum absolute atomic E-state index is 0.854. The Balaban J connectivity index is 2.02. The van der Waals surface area contributed by atoms with Crippen LogP contribution in [0.3, 0.4) is 0 Å². The van der Waals surface area contributed by atoms with Gasteiger partial charge in [-0.25, -0.2) is 0 Å². The highest BCUT2D eigenvalue weighted by Crippen LogP contribution is 2.34. The largest absolute Gasteiger partial charge is 0.314 e. The van der Waals surface area contributed by atoms with E-state index in [4.69, 9.17) is 0 Å². The van der Waals surface area contributed by atoms with E-state index in [2.05, 4.69) is 19.2 Å². The molecule has 1 unspecified atom stereocenters. The summed E-state index contributed by atoms with van der Waals surface area (Å²) in [4.78, 5) is 0. The molecule has 1 heteroatoms. The summed E-state index contributed by atoms with van der Waals surface area (Å²) in [6, 6.07) is 0.854. The van der Waals surface area contributed by atoms with Gasteiger partial charge in [-0.15, -0.1) is 0 Å². The molecule has 0 aromatic rings. The third-order valence-electron chi connectivity index (χ3n) is 3.22. The van der Waals surface area contributed by atoms with Crippen molar-refractivity contribution in [2.75, 3.05) is 6.54 Å². The molecule has 0 amide bonds. The Morgan fingerprint density at radius 2 is 1.86 bits per heavy atom. The van der Waals surface area contributed by atoms with Crippen LogP contribution in [0.4, 0.5) is 0 Å². The topological polar surface area (TPSA) is 12.0 Å². The number of hydrogen-bond acceptors (Lipinski definition) is 1. The van der Waals surface area contributed by atoms with E-state index in [-0.39, 0.29) is 0 Å². The van der Waals surface area contributed by atoms with Crippen molar-refractivity contribution < 1.29 is 0 Å². The first kappa shape index (κ1) is 12.0. The number of rotatable bonds is 9. The summed E-state index contributed by atoms with van der Waals surface area (Å²) in [5.74, 6) is 1.03.